The maximum absolute atomic E-state index is 12.8. The fourth-order valence-corrected chi connectivity index (χ4v) is 1.05. The minimum Gasteiger partial charge on any atom is -0.366 e. The first-order valence-corrected chi connectivity index (χ1v) is 4.31. The fourth-order valence-electron chi connectivity index (χ4n) is 1.05. The zero-order valence-corrected chi connectivity index (χ0v) is 7.98. The van der Waals surface area contributed by atoms with Crippen LogP contribution in [0.1, 0.15) is 0 Å². The van der Waals surface area contributed by atoms with Crippen LogP contribution in [0.4, 0.5) is 21.6 Å². The minimum atomic E-state index is -0.586. The molecule has 7 heteroatoms. The van der Waals surface area contributed by atoms with E-state index in [2.05, 4.69) is 14.8 Å². The first-order valence-electron chi connectivity index (χ1n) is 4.31. The van der Waals surface area contributed by atoms with Gasteiger partial charge >= 0.3 is 5.56 Å². The molecule has 0 saturated heterocycles. The van der Waals surface area contributed by atoms with E-state index in [0.29, 0.717) is 0 Å². The van der Waals surface area contributed by atoms with Crippen molar-refractivity contribution in [1.29, 1.82) is 0 Å². The Labute approximate surface area is 88.6 Å². The van der Waals surface area contributed by atoms with Crippen molar-refractivity contribution in [2.45, 2.75) is 0 Å². The molecule has 0 atom stereocenters. The number of halogens is 1. The van der Waals surface area contributed by atoms with Gasteiger partial charge in [0.25, 0.3) is 5.88 Å². The third-order valence-electron chi connectivity index (χ3n) is 1.78. The molecule has 1 aromatic carbocycles. The molecule has 2 aromatic rings. The molecule has 0 bridgehead atoms. The number of nitrogens with two attached hydrogens (primary N) is 1. The second-order valence-electron chi connectivity index (χ2n) is 2.93. The molecule has 0 spiro atoms. The molecule has 0 amide bonds. The van der Waals surface area contributed by atoms with Gasteiger partial charge in [-0.2, -0.15) is 10.3 Å². The summed E-state index contributed by atoms with van der Waals surface area (Å²) in [6.07, 6.45) is 0. The Kier molecular flexibility index (Phi) is 2.50. The van der Waals surface area contributed by atoms with E-state index in [1.807, 2.05) is 5.16 Å². The van der Waals surface area contributed by atoms with Gasteiger partial charge in [0, 0.05) is 6.07 Å². The van der Waals surface area contributed by atoms with Crippen molar-refractivity contribution in [3.63, 3.8) is 0 Å². The second-order valence-corrected chi connectivity index (χ2v) is 2.93. The summed E-state index contributed by atoms with van der Waals surface area (Å²) in [4.78, 5) is 11.1. The molecular weight excluding hydrogens is 215 g/mol. The number of anilines is 1. The van der Waals surface area contributed by atoms with Gasteiger partial charge in [-0.25, -0.2) is 4.39 Å². The summed E-state index contributed by atoms with van der Waals surface area (Å²) in [7, 11) is 0. The van der Waals surface area contributed by atoms with Crippen LogP contribution in [0.15, 0.2) is 43.8 Å². The number of hydrogen-bond acceptors (Lipinski definition) is 5. The summed E-state index contributed by atoms with van der Waals surface area (Å²) in [5.74, 6) is -0.601. The highest BCUT2D eigenvalue weighted by Gasteiger charge is 2.07. The van der Waals surface area contributed by atoms with E-state index in [-0.39, 0.29) is 17.3 Å². The van der Waals surface area contributed by atoms with Gasteiger partial charge in [0.2, 0.25) is 5.69 Å². The molecular formula is C9H7FN4O2. The lowest BCUT2D eigenvalue weighted by molar-refractivity contribution is 0.430. The third-order valence-corrected chi connectivity index (χ3v) is 1.78. The monoisotopic (exact) mass is 222 g/mol. The molecule has 0 unspecified atom stereocenters. The third kappa shape index (κ3) is 1.97. The van der Waals surface area contributed by atoms with Crippen molar-refractivity contribution in [3.05, 3.63) is 40.4 Å². The predicted octanol–water partition coefficient (Wildman–Crippen LogP) is 2.10. The first-order chi connectivity index (χ1) is 7.66. The van der Waals surface area contributed by atoms with Crippen molar-refractivity contribution in [3.8, 4) is 0 Å². The van der Waals surface area contributed by atoms with Gasteiger partial charge in [-0.3, -0.25) is 4.79 Å². The number of nitrogens with one attached hydrogen (secondary N) is 1. The molecule has 1 heterocycles. The topological polar surface area (TPSA) is 96.7 Å². The molecule has 82 valence electrons. The maximum atomic E-state index is 12.8. The van der Waals surface area contributed by atoms with Gasteiger partial charge in [-0.05, 0) is 12.1 Å². The zero-order chi connectivity index (χ0) is 11.5. The number of rotatable bonds is 2. The number of hydrogen-bond donors (Lipinski definition) is 2. The van der Waals surface area contributed by atoms with Gasteiger partial charge < -0.3 is 10.3 Å². The highest BCUT2D eigenvalue weighted by molar-refractivity contribution is 5.52. The number of H-pyrrole nitrogens is 1. The average Bonchev–Trinajstić information content (AvgIpc) is 2.56. The molecule has 1 aromatic heterocycles. The van der Waals surface area contributed by atoms with Crippen LogP contribution in [0.2, 0.25) is 0 Å². The molecule has 16 heavy (non-hydrogen) atoms. The van der Waals surface area contributed by atoms with E-state index < -0.39 is 11.4 Å². The van der Waals surface area contributed by atoms with E-state index in [9.17, 15) is 9.18 Å². The Balaban J connectivity index is 2.32. The SMILES string of the molecule is Nc1o[nH]c(=O)c1N=Nc1cccc(F)c1. The first kappa shape index (κ1) is 10.1. The van der Waals surface area contributed by atoms with Crippen molar-refractivity contribution in [2.24, 2.45) is 10.2 Å². The normalized spacial score (nSPS) is 11.1. The molecule has 0 radical (unpaired) electrons. The van der Waals surface area contributed by atoms with Crippen LogP contribution in [-0.2, 0) is 0 Å². The number of benzene rings is 1. The number of aromatic nitrogens is 1. The van der Waals surface area contributed by atoms with Crippen molar-refractivity contribution in [2.75, 3.05) is 5.73 Å². The minimum absolute atomic E-state index is 0.135. The van der Waals surface area contributed by atoms with Gasteiger partial charge in [0.05, 0.1) is 5.69 Å². The zero-order valence-electron chi connectivity index (χ0n) is 7.98. The lowest BCUT2D eigenvalue weighted by Crippen LogP contribution is -1.96. The largest absolute Gasteiger partial charge is 0.366 e. The fraction of sp³-hybridized carbons (Fsp3) is 0. The average molecular weight is 222 g/mol. The molecule has 3 N–H and O–H groups in total. The lowest BCUT2D eigenvalue weighted by Gasteiger charge is -1.90. The van der Waals surface area contributed by atoms with E-state index >= 15 is 0 Å². The Morgan fingerprint density at radius 1 is 1.38 bits per heavy atom. The van der Waals surface area contributed by atoms with Crippen LogP contribution in [0, 0.1) is 5.82 Å². The summed E-state index contributed by atoms with van der Waals surface area (Å²) in [6, 6.07) is 5.47. The van der Waals surface area contributed by atoms with Crippen LogP contribution in [-0.4, -0.2) is 5.16 Å². The van der Waals surface area contributed by atoms with E-state index in [0.717, 1.165) is 0 Å². The van der Waals surface area contributed by atoms with E-state index in [1.165, 1.54) is 24.3 Å². The van der Waals surface area contributed by atoms with E-state index in [1.54, 1.807) is 0 Å². The number of nitrogen functional groups attached to an aromatic ring is 1. The maximum Gasteiger partial charge on any atom is 0.310 e. The number of azo groups is 1. The molecule has 0 saturated carbocycles. The summed E-state index contributed by atoms with van der Waals surface area (Å²) >= 11 is 0. The Morgan fingerprint density at radius 2 is 2.19 bits per heavy atom. The Bertz CT molecular complexity index is 587. The van der Waals surface area contributed by atoms with Gasteiger partial charge in [-0.15, -0.1) is 5.11 Å². The quantitative estimate of drug-likeness (QED) is 0.761. The molecule has 6 nitrogen and oxygen atoms in total. The van der Waals surface area contributed by atoms with Gasteiger partial charge in [0.1, 0.15) is 5.82 Å². The second kappa shape index (κ2) is 3.97. The van der Waals surface area contributed by atoms with Crippen LogP contribution in [0.3, 0.4) is 0 Å². The van der Waals surface area contributed by atoms with Crippen molar-refractivity contribution >= 4 is 17.3 Å². The number of aromatic amines is 1. The van der Waals surface area contributed by atoms with Gasteiger partial charge in [0.15, 0.2) is 0 Å². The molecule has 0 aliphatic heterocycles. The predicted molar refractivity (Wildman–Crippen MR) is 54.3 cm³/mol. The van der Waals surface area contributed by atoms with Crippen molar-refractivity contribution < 1.29 is 8.91 Å². The summed E-state index contributed by atoms with van der Waals surface area (Å²) in [6.45, 7) is 0. The lowest BCUT2D eigenvalue weighted by atomic mass is 10.3. The Hall–Kier alpha value is -2.44. The van der Waals surface area contributed by atoms with Crippen molar-refractivity contribution in [1.82, 2.24) is 5.16 Å². The van der Waals surface area contributed by atoms with Crippen LogP contribution in [0.5, 0.6) is 0 Å². The van der Waals surface area contributed by atoms with Crippen LogP contribution >= 0.6 is 0 Å². The summed E-state index contributed by atoms with van der Waals surface area (Å²) in [5.41, 5.74) is 4.87. The summed E-state index contributed by atoms with van der Waals surface area (Å²) < 4.78 is 17.3. The number of nitrogens with zero attached hydrogens (tertiary/aromatic N) is 2. The standard InChI is InChI=1S/C9H7FN4O2/c10-5-2-1-3-6(4-5)12-13-7-8(11)16-14-9(7)15/h1-4H,11H2,(H,14,15). The molecule has 0 fully saturated rings. The van der Waals surface area contributed by atoms with Crippen LogP contribution in [0.25, 0.3) is 0 Å². The molecule has 0 aliphatic rings. The van der Waals surface area contributed by atoms with Gasteiger partial charge in [-0.1, -0.05) is 6.07 Å². The summed E-state index contributed by atoms with van der Waals surface area (Å²) in [5, 5.41) is 9.23. The smallest absolute Gasteiger partial charge is 0.310 e. The van der Waals surface area contributed by atoms with E-state index in [4.69, 9.17) is 5.73 Å². The molecule has 2 rings (SSSR count). The highest BCUT2D eigenvalue weighted by Crippen LogP contribution is 2.20. The van der Waals surface area contributed by atoms with Crippen LogP contribution < -0.4 is 11.3 Å². The Morgan fingerprint density at radius 3 is 2.81 bits per heavy atom. The molecule has 0 aliphatic carbocycles. The highest BCUT2D eigenvalue weighted by atomic mass is 19.1.